The minimum Gasteiger partial charge on any atom is -0.399 e. The number of nitrogens with two attached hydrogens (primary N) is 1. The van der Waals surface area contributed by atoms with Crippen molar-refractivity contribution in [2.75, 3.05) is 7.05 Å². The molecule has 28 heavy (non-hydrogen) atoms. The number of nitrogens with zero attached hydrogens (tertiary/aromatic N) is 6. The Kier molecular flexibility index (Phi) is 4.73. The summed E-state index contributed by atoms with van der Waals surface area (Å²) in [6.07, 6.45) is 5.48. The first kappa shape index (κ1) is 18.4. The van der Waals surface area contributed by atoms with Crippen molar-refractivity contribution in [3.63, 3.8) is 0 Å². The number of halogens is 1. The summed E-state index contributed by atoms with van der Waals surface area (Å²) in [6, 6.07) is 1.91. The third-order valence-corrected chi connectivity index (χ3v) is 5.76. The zero-order chi connectivity index (χ0) is 19.8. The highest BCUT2D eigenvalue weighted by Crippen LogP contribution is 2.31. The maximum atomic E-state index is 13.0. The van der Waals surface area contributed by atoms with Crippen LogP contribution in [0.5, 0.6) is 0 Å². The minimum atomic E-state index is -0.249. The zero-order valence-corrected chi connectivity index (χ0v) is 16.8. The number of aliphatic imine (C=N–C) groups is 1. The standard InChI is InChI=1S/C17H17ClN8OS/c1-20-7-11(18)12(19)8-26-17(27)14-10(6-22-26)15-16(25(14)2)23-13(28-15)5-9-3-4-21-24-9/h3-4,6-7H,5,8,19H2,1-2H3,(H,21,24). The molecule has 144 valence electrons. The molecule has 9 nitrogen and oxygen atoms in total. The lowest BCUT2D eigenvalue weighted by Crippen LogP contribution is -2.27. The molecule has 0 aliphatic rings. The third kappa shape index (κ3) is 3.10. The molecule has 0 spiro atoms. The fourth-order valence-corrected chi connectivity index (χ4v) is 4.29. The van der Waals surface area contributed by atoms with Gasteiger partial charge in [0, 0.05) is 44.0 Å². The summed E-state index contributed by atoms with van der Waals surface area (Å²) < 4.78 is 4.02. The van der Waals surface area contributed by atoms with E-state index in [9.17, 15) is 4.79 Å². The Hall–Kier alpha value is -2.98. The molecule has 0 saturated carbocycles. The van der Waals surface area contributed by atoms with Gasteiger partial charge in [-0.05, 0) is 6.07 Å². The van der Waals surface area contributed by atoms with Gasteiger partial charge in [-0.25, -0.2) is 9.67 Å². The highest BCUT2D eigenvalue weighted by Gasteiger charge is 2.18. The number of H-pyrrole nitrogens is 1. The van der Waals surface area contributed by atoms with Crippen LogP contribution in [0.15, 0.2) is 39.0 Å². The first-order chi connectivity index (χ1) is 13.5. The van der Waals surface area contributed by atoms with Crippen LogP contribution >= 0.6 is 22.9 Å². The van der Waals surface area contributed by atoms with Crippen LogP contribution in [-0.2, 0) is 20.0 Å². The zero-order valence-electron chi connectivity index (χ0n) is 15.2. The number of thiazole rings is 1. The Morgan fingerprint density at radius 3 is 3.04 bits per heavy atom. The molecule has 0 fully saturated rings. The third-order valence-electron chi connectivity index (χ3n) is 4.34. The fourth-order valence-electron chi connectivity index (χ4n) is 3.00. The predicted molar refractivity (Wildman–Crippen MR) is 111 cm³/mol. The maximum Gasteiger partial charge on any atom is 0.291 e. The number of rotatable bonds is 5. The lowest BCUT2D eigenvalue weighted by molar-refractivity contribution is 0.632. The molecule has 4 heterocycles. The molecular weight excluding hydrogens is 400 g/mol. The molecule has 3 N–H and O–H groups in total. The molecule has 0 bridgehead atoms. The number of aromatic amines is 1. The molecule has 0 radical (unpaired) electrons. The van der Waals surface area contributed by atoms with Gasteiger partial charge in [0.05, 0.1) is 28.2 Å². The molecule has 4 aromatic rings. The van der Waals surface area contributed by atoms with Crippen LogP contribution in [0, 0.1) is 0 Å². The number of nitrogens with one attached hydrogen (secondary N) is 1. The van der Waals surface area contributed by atoms with Gasteiger partial charge in [-0.2, -0.15) is 10.2 Å². The number of fused-ring (bicyclic) bond motifs is 3. The quantitative estimate of drug-likeness (QED) is 0.480. The first-order valence-electron chi connectivity index (χ1n) is 8.38. The number of aryl methyl sites for hydroxylation is 1. The number of hydrogen-bond acceptors (Lipinski definition) is 7. The van der Waals surface area contributed by atoms with E-state index >= 15 is 0 Å². The van der Waals surface area contributed by atoms with E-state index in [-0.39, 0.29) is 17.1 Å². The highest BCUT2D eigenvalue weighted by atomic mass is 35.5. The molecule has 0 aromatic carbocycles. The van der Waals surface area contributed by atoms with Gasteiger partial charge in [0.15, 0.2) is 5.65 Å². The molecule has 0 aliphatic heterocycles. The van der Waals surface area contributed by atoms with Crippen molar-refractivity contribution >= 4 is 50.4 Å². The van der Waals surface area contributed by atoms with Crippen LogP contribution in [0.3, 0.4) is 0 Å². The molecule has 0 aliphatic carbocycles. The van der Waals surface area contributed by atoms with Gasteiger partial charge in [-0.3, -0.25) is 14.9 Å². The lowest BCUT2D eigenvalue weighted by atomic mass is 10.3. The van der Waals surface area contributed by atoms with Gasteiger partial charge in [-0.15, -0.1) is 11.3 Å². The number of allylic oxidation sites excluding steroid dienone is 2. The average Bonchev–Trinajstić information content (AvgIpc) is 3.37. The summed E-state index contributed by atoms with van der Waals surface area (Å²) in [6.45, 7) is 0.0803. The van der Waals surface area contributed by atoms with Crippen LogP contribution in [0.4, 0.5) is 0 Å². The van der Waals surface area contributed by atoms with Crippen molar-refractivity contribution in [2.24, 2.45) is 17.8 Å². The topological polar surface area (TPSA) is 120 Å². The molecular formula is C17H17ClN8OS. The lowest BCUT2D eigenvalue weighted by Gasteiger charge is -2.06. The van der Waals surface area contributed by atoms with Gasteiger partial charge in [0.2, 0.25) is 0 Å². The van der Waals surface area contributed by atoms with E-state index in [4.69, 9.17) is 22.3 Å². The summed E-state index contributed by atoms with van der Waals surface area (Å²) in [5.41, 5.74) is 8.30. The second kappa shape index (κ2) is 7.21. The second-order valence-corrected chi connectivity index (χ2v) is 7.70. The van der Waals surface area contributed by atoms with Crippen molar-refractivity contribution < 1.29 is 0 Å². The molecule has 11 heteroatoms. The van der Waals surface area contributed by atoms with E-state index < -0.39 is 0 Å². The van der Waals surface area contributed by atoms with Gasteiger partial charge < -0.3 is 10.3 Å². The van der Waals surface area contributed by atoms with Gasteiger partial charge >= 0.3 is 0 Å². The molecule has 0 atom stereocenters. The summed E-state index contributed by atoms with van der Waals surface area (Å²) in [4.78, 5) is 21.5. The van der Waals surface area contributed by atoms with E-state index in [0.717, 1.165) is 26.4 Å². The SMILES string of the molecule is CN=CC(Cl)=C(N)Cn1ncc2c3sc(Cc4ccn[nH]4)nc3n(C)c2c1=O. The fraction of sp³-hybridized carbons (Fsp3) is 0.235. The van der Waals surface area contributed by atoms with Crippen LogP contribution < -0.4 is 11.3 Å². The smallest absolute Gasteiger partial charge is 0.291 e. The first-order valence-corrected chi connectivity index (χ1v) is 9.57. The van der Waals surface area contributed by atoms with E-state index in [1.54, 1.807) is 35.3 Å². The van der Waals surface area contributed by atoms with E-state index in [0.29, 0.717) is 17.6 Å². The minimum absolute atomic E-state index is 0.0803. The van der Waals surface area contributed by atoms with E-state index in [2.05, 4.69) is 20.3 Å². The van der Waals surface area contributed by atoms with Crippen molar-refractivity contribution in [3.05, 3.63) is 50.2 Å². The Balaban J connectivity index is 1.78. The van der Waals surface area contributed by atoms with Gasteiger partial charge in [0.25, 0.3) is 5.56 Å². The van der Waals surface area contributed by atoms with E-state index in [1.165, 1.54) is 10.9 Å². The maximum absolute atomic E-state index is 13.0. The summed E-state index contributed by atoms with van der Waals surface area (Å²) in [7, 11) is 3.42. The Morgan fingerprint density at radius 1 is 1.50 bits per heavy atom. The average molecular weight is 417 g/mol. The van der Waals surface area contributed by atoms with Crippen LogP contribution in [0.1, 0.15) is 10.7 Å². The Morgan fingerprint density at radius 2 is 2.32 bits per heavy atom. The molecule has 0 amide bonds. The van der Waals surface area contributed by atoms with Crippen molar-refractivity contribution in [3.8, 4) is 0 Å². The van der Waals surface area contributed by atoms with Crippen LogP contribution in [0.2, 0.25) is 0 Å². The van der Waals surface area contributed by atoms with Crippen molar-refractivity contribution in [1.29, 1.82) is 0 Å². The largest absolute Gasteiger partial charge is 0.399 e. The molecule has 0 saturated heterocycles. The monoisotopic (exact) mass is 416 g/mol. The molecule has 0 unspecified atom stereocenters. The second-order valence-electron chi connectivity index (χ2n) is 6.21. The summed E-state index contributed by atoms with van der Waals surface area (Å²) in [5.74, 6) is 0. The van der Waals surface area contributed by atoms with Gasteiger partial charge in [0.1, 0.15) is 10.5 Å². The van der Waals surface area contributed by atoms with Crippen molar-refractivity contribution in [1.82, 2.24) is 29.5 Å². The number of hydrogen-bond donors (Lipinski definition) is 2. The van der Waals surface area contributed by atoms with Crippen LogP contribution in [-0.4, -0.2) is 42.8 Å². The van der Waals surface area contributed by atoms with Crippen LogP contribution in [0.25, 0.3) is 21.3 Å². The predicted octanol–water partition coefficient (Wildman–Crippen LogP) is 1.77. The number of aromatic nitrogens is 6. The van der Waals surface area contributed by atoms with E-state index in [1.807, 2.05) is 13.1 Å². The van der Waals surface area contributed by atoms with Gasteiger partial charge in [-0.1, -0.05) is 11.6 Å². The Labute approximate surface area is 168 Å². The summed E-state index contributed by atoms with van der Waals surface area (Å²) in [5, 5.41) is 13.2. The molecule has 4 rings (SSSR count). The summed E-state index contributed by atoms with van der Waals surface area (Å²) >= 11 is 7.59. The molecule has 4 aromatic heterocycles. The highest BCUT2D eigenvalue weighted by molar-refractivity contribution is 7.19. The normalized spacial score (nSPS) is 13.1. The van der Waals surface area contributed by atoms with Crippen molar-refractivity contribution in [2.45, 2.75) is 13.0 Å². The Bertz CT molecular complexity index is 1280.